The van der Waals surface area contributed by atoms with Crippen molar-refractivity contribution in [2.24, 2.45) is 5.92 Å². The van der Waals surface area contributed by atoms with Crippen LogP contribution in [-0.2, 0) is 34.5 Å². The van der Waals surface area contributed by atoms with E-state index in [0.29, 0.717) is 103 Å². The highest BCUT2D eigenvalue weighted by molar-refractivity contribution is 7.99. The second-order valence-corrected chi connectivity index (χ2v) is 26.7. The zero-order chi connectivity index (χ0) is 55.6. The fraction of sp³-hybridized carbons (Fsp3) is 0.352. The minimum absolute atomic E-state index is 0.0333. The van der Waals surface area contributed by atoms with Crippen LogP contribution < -0.4 is 20.3 Å². The van der Waals surface area contributed by atoms with Crippen LogP contribution in [0.4, 0.5) is 34.6 Å². The van der Waals surface area contributed by atoms with E-state index in [2.05, 4.69) is 20.3 Å². The summed E-state index contributed by atoms with van der Waals surface area (Å²) in [5.41, 5.74) is -2.73. The van der Waals surface area contributed by atoms with Crippen LogP contribution in [0.15, 0.2) is 135 Å². The number of nitrogens with zero attached hydrogens (tertiary/aromatic N) is 3. The Labute approximate surface area is 456 Å². The van der Waals surface area contributed by atoms with Crippen molar-refractivity contribution in [3.05, 3.63) is 137 Å². The molecule has 77 heavy (non-hydrogen) atoms. The summed E-state index contributed by atoms with van der Waals surface area (Å²) < 4.78 is 145. The average molecular weight is 1160 g/mol. The van der Waals surface area contributed by atoms with Crippen LogP contribution in [-0.4, -0.2) is 109 Å². The summed E-state index contributed by atoms with van der Waals surface area (Å²) >= 11 is 7.69. The SMILES string of the molecule is Cc1c(S(C)(=O)=O)c(-c2cc(-c3ccc(Cl)cc3)c([C@@H]3CN(c4ccc(NS(=O)(=O)c5ccc(N[C@H](CCN6CCC(C(=O)O)CC6)CSc6ccccc6)c(S(=O)(=O)C(F)(F)F)c5)cc4)CCN3)cc2F)cn1C(C)C. The first-order valence-electron chi connectivity index (χ1n) is 24.8. The number of carbonyl (C=O) groups is 1. The van der Waals surface area contributed by atoms with Gasteiger partial charge in [0, 0.05) is 94.6 Å². The third-order valence-electron chi connectivity index (χ3n) is 13.9. The fourth-order valence-electron chi connectivity index (χ4n) is 9.92. The molecule has 6 aromatic rings. The molecule has 23 heteroatoms. The Hall–Kier alpha value is -5.62. The van der Waals surface area contributed by atoms with Gasteiger partial charge >= 0.3 is 11.5 Å². The van der Waals surface area contributed by atoms with Crippen molar-refractivity contribution in [2.75, 3.05) is 66.2 Å². The number of anilines is 3. The van der Waals surface area contributed by atoms with Gasteiger partial charge in [0.05, 0.1) is 27.4 Å². The molecule has 14 nitrogen and oxygen atoms in total. The number of nitrogens with one attached hydrogen (secondary N) is 3. The van der Waals surface area contributed by atoms with Gasteiger partial charge in [0.2, 0.25) is 0 Å². The number of carboxylic acid groups (broad SMARTS) is 1. The lowest BCUT2D eigenvalue weighted by Crippen LogP contribution is -2.46. The maximum absolute atomic E-state index is 16.7. The quantitative estimate of drug-likeness (QED) is 0.0444. The summed E-state index contributed by atoms with van der Waals surface area (Å²) in [4.78, 5) is 14.5. The van der Waals surface area contributed by atoms with Gasteiger partial charge in [0.25, 0.3) is 19.9 Å². The molecule has 0 spiro atoms. The number of rotatable bonds is 19. The number of aromatic nitrogens is 1. The standard InChI is InChI=1S/C54H59ClF4N6O8S4/c1-34(2)65-31-47(52(35(65)3)75(4,68)69)45-29-44(36-10-12-38(55)13-11-36)46(30-48(45)56)50-32-64(27-23-60-50)41-16-14-39(15-17-41)62-77(72,73)43-18-19-49(51(28-43)76(70,71)54(57,58)59)61-40(33-74-42-8-6-5-7-9-42)22-26-63-24-20-37(21-25-63)53(66)67/h5-19,28-31,34,37,40,50,60-62H,20-27,32-33H2,1-4H3,(H,66,67)/t40-,50+/m1/s1. The van der Waals surface area contributed by atoms with Crippen LogP contribution in [0.3, 0.4) is 0 Å². The highest BCUT2D eigenvalue weighted by atomic mass is 35.5. The molecule has 0 radical (unpaired) electrons. The van der Waals surface area contributed by atoms with Gasteiger partial charge in [-0.3, -0.25) is 9.52 Å². The van der Waals surface area contributed by atoms with E-state index in [-0.39, 0.29) is 27.8 Å². The Morgan fingerprint density at radius 2 is 1.55 bits per heavy atom. The third kappa shape index (κ3) is 13.3. The number of sulfonamides is 1. The molecule has 5 aromatic carbocycles. The summed E-state index contributed by atoms with van der Waals surface area (Å²) in [6.45, 7) is 8.21. The van der Waals surface area contributed by atoms with Crippen molar-refractivity contribution in [2.45, 2.75) is 83.2 Å². The smallest absolute Gasteiger partial charge is 0.481 e. The van der Waals surface area contributed by atoms with Gasteiger partial charge < -0.3 is 30.1 Å². The van der Waals surface area contributed by atoms with Crippen molar-refractivity contribution < 1.29 is 52.7 Å². The molecule has 1 aromatic heterocycles. The monoisotopic (exact) mass is 1160 g/mol. The first kappa shape index (κ1) is 57.6. The lowest BCUT2D eigenvalue weighted by atomic mass is 9.90. The van der Waals surface area contributed by atoms with E-state index in [9.17, 15) is 48.3 Å². The molecule has 2 aliphatic heterocycles. The van der Waals surface area contributed by atoms with Crippen molar-refractivity contribution >= 4 is 76.1 Å². The molecule has 2 aliphatic rings. The van der Waals surface area contributed by atoms with Gasteiger partial charge in [0.1, 0.15) is 10.7 Å². The Balaban J connectivity index is 1.03. The molecule has 4 N–H and O–H groups in total. The summed E-state index contributed by atoms with van der Waals surface area (Å²) in [5.74, 6) is -1.67. The number of hydrogen-bond donors (Lipinski definition) is 4. The summed E-state index contributed by atoms with van der Waals surface area (Å²) in [6, 6.07) is 26.9. The maximum Gasteiger partial charge on any atom is 0.501 e. The van der Waals surface area contributed by atoms with Gasteiger partial charge in [-0.1, -0.05) is 41.9 Å². The molecule has 3 heterocycles. The summed E-state index contributed by atoms with van der Waals surface area (Å²) in [7, 11) is -14.6. The number of piperazine rings is 1. The van der Waals surface area contributed by atoms with E-state index in [1.807, 2.05) is 49.1 Å². The topological polar surface area (TPSA) is 187 Å². The highest BCUT2D eigenvalue weighted by Crippen LogP contribution is 2.42. The van der Waals surface area contributed by atoms with Crippen molar-refractivity contribution in [1.82, 2.24) is 14.8 Å². The van der Waals surface area contributed by atoms with Gasteiger partial charge in [-0.25, -0.2) is 29.6 Å². The van der Waals surface area contributed by atoms with Crippen molar-refractivity contribution in [1.29, 1.82) is 0 Å². The Bertz CT molecular complexity index is 3450. The number of benzene rings is 5. The van der Waals surface area contributed by atoms with Crippen molar-refractivity contribution in [3.8, 4) is 22.3 Å². The van der Waals surface area contributed by atoms with E-state index in [1.54, 1.807) is 60.2 Å². The number of likely N-dealkylation sites (tertiary alicyclic amines) is 1. The lowest BCUT2D eigenvalue weighted by Gasteiger charge is -2.36. The van der Waals surface area contributed by atoms with Crippen LogP contribution >= 0.6 is 23.4 Å². The van der Waals surface area contributed by atoms with Crippen LogP contribution in [0, 0.1) is 18.7 Å². The van der Waals surface area contributed by atoms with E-state index in [4.69, 9.17) is 11.6 Å². The molecule has 2 saturated heterocycles. The molecule has 0 unspecified atom stereocenters. The number of piperidine rings is 1. The van der Waals surface area contributed by atoms with Crippen LogP contribution in [0.1, 0.15) is 56.5 Å². The van der Waals surface area contributed by atoms with Gasteiger partial charge in [-0.15, -0.1) is 11.8 Å². The number of carboxylic acids is 1. The zero-order valence-corrected chi connectivity index (χ0v) is 46.5. The Morgan fingerprint density at radius 1 is 0.870 bits per heavy atom. The predicted molar refractivity (Wildman–Crippen MR) is 294 cm³/mol. The molecular weight excluding hydrogens is 1100 g/mol. The molecule has 2 fully saturated rings. The molecule has 0 bridgehead atoms. The summed E-state index contributed by atoms with van der Waals surface area (Å²) in [6.07, 6.45) is 3.99. The normalized spacial score (nSPS) is 16.6. The van der Waals surface area contributed by atoms with E-state index < -0.39 is 80.5 Å². The number of halogens is 5. The van der Waals surface area contributed by atoms with Gasteiger partial charge in [-0.05, 0) is 149 Å². The fourth-order valence-corrected chi connectivity index (χ4v) is 14.4. The zero-order valence-electron chi connectivity index (χ0n) is 42.5. The van der Waals surface area contributed by atoms with E-state index in [0.717, 1.165) is 23.3 Å². The number of alkyl halides is 3. The van der Waals surface area contributed by atoms with Crippen LogP contribution in [0.2, 0.25) is 5.02 Å². The minimum atomic E-state index is -6.10. The largest absolute Gasteiger partial charge is 0.501 e. The Kier molecular flexibility index (Phi) is 17.5. The molecule has 0 saturated carbocycles. The predicted octanol–water partition coefficient (Wildman–Crippen LogP) is 10.9. The molecule has 8 rings (SSSR count). The maximum atomic E-state index is 16.7. The molecule has 0 aliphatic carbocycles. The second-order valence-electron chi connectivity index (χ2n) is 19.6. The van der Waals surface area contributed by atoms with Crippen LogP contribution in [0.25, 0.3) is 22.3 Å². The number of aliphatic carboxylic acids is 1. The van der Waals surface area contributed by atoms with Crippen molar-refractivity contribution in [3.63, 3.8) is 0 Å². The number of thioether (sulfide) groups is 1. The third-order valence-corrected chi connectivity index (χ3v) is 19.5. The summed E-state index contributed by atoms with van der Waals surface area (Å²) in [5, 5.41) is 16.4. The molecular formula is C54H59ClF4N6O8S4. The van der Waals surface area contributed by atoms with E-state index in [1.165, 1.54) is 30.0 Å². The number of sulfone groups is 2. The second kappa shape index (κ2) is 23.4. The van der Waals surface area contributed by atoms with Gasteiger partial charge in [0.15, 0.2) is 9.84 Å². The first-order chi connectivity index (χ1) is 36.3. The molecule has 412 valence electrons. The number of hydrogen-bond acceptors (Lipinski definition) is 12. The van der Waals surface area contributed by atoms with E-state index >= 15 is 4.39 Å². The molecule has 0 amide bonds. The van der Waals surface area contributed by atoms with Crippen LogP contribution in [0.5, 0.6) is 0 Å². The van der Waals surface area contributed by atoms with Gasteiger partial charge in [-0.2, -0.15) is 13.2 Å². The Morgan fingerprint density at radius 3 is 2.17 bits per heavy atom. The highest BCUT2D eigenvalue weighted by Gasteiger charge is 2.48. The average Bonchev–Trinajstić information content (AvgIpc) is 3.78. The minimum Gasteiger partial charge on any atom is -0.481 e. The first-order valence-corrected chi connectivity index (χ1v) is 31.0. The molecule has 2 atom stereocenters. The lowest BCUT2D eigenvalue weighted by molar-refractivity contribution is -0.143.